The first-order valence-electron chi connectivity index (χ1n) is 4.15. The molecule has 0 saturated carbocycles. The number of nitrogens with zero attached hydrogens (tertiary/aromatic N) is 4. The monoisotopic (exact) mass is 210 g/mol. The van der Waals surface area contributed by atoms with E-state index < -0.39 is 0 Å². The van der Waals surface area contributed by atoms with Gasteiger partial charge in [0.1, 0.15) is 0 Å². The fourth-order valence-corrected chi connectivity index (χ4v) is 2.02. The Labute approximate surface area is 84.6 Å². The molecule has 0 bridgehead atoms. The maximum absolute atomic E-state index is 11.5. The van der Waals surface area contributed by atoms with Crippen molar-refractivity contribution in [2.75, 3.05) is 0 Å². The van der Waals surface area contributed by atoms with Crippen molar-refractivity contribution in [3.8, 4) is 5.69 Å². The van der Waals surface area contributed by atoms with Crippen LogP contribution < -0.4 is 5.69 Å². The number of hydrogen-bond donors (Lipinski definition) is 0. The Morgan fingerprint density at radius 2 is 2.07 bits per heavy atom. The molecule has 0 N–H and O–H groups in total. The van der Waals surface area contributed by atoms with Gasteiger partial charge in [-0.1, -0.05) is 0 Å². The van der Waals surface area contributed by atoms with Crippen LogP contribution in [0.2, 0.25) is 0 Å². The molecule has 0 saturated heterocycles. The van der Waals surface area contributed by atoms with Gasteiger partial charge in [0.25, 0.3) is 0 Å². The van der Waals surface area contributed by atoms with E-state index in [9.17, 15) is 4.79 Å². The smallest absolute Gasteiger partial charge is 0.244 e. The highest BCUT2D eigenvalue weighted by Crippen LogP contribution is 2.22. The van der Waals surface area contributed by atoms with E-state index in [2.05, 4.69) is 10.4 Å². The molecule has 0 aliphatic carbocycles. The van der Waals surface area contributed by atoms with E-state index in [0.29, 0.717) is 0 Å². The minimum Gasteiger partial charge on any atom is -0.244 e. The number of tetrazole rings is 1. The van der Waals surface area contributed by atoms with E-state index in [0.717, 1.165) is 11.3 Å². The van der Waals surface area contributed by atoms with Gasteiger partial charge in [-0.2, -0.15) is 9.36 Å². The molecule has 0 radical (unpaired) electrons. The van der Waals surface area contributed by atoms with Gasteiger partial charge in [0.15, 0.2) is 0 Å². The first kappa shape index (κ1) is 9.14. The average Bonchev–Trinajstić information content (AvgIpc) is 2.63. The lowest BCUT2D eigenvalue weighted by molar-refractivity contribution is 0.693. The molecular weight excluding hydrogens is 200 g/mol. The summed E-state index contributed by atoms with van der Waals surface area (Å²) in [4.78, 5) is 12.7. The Kier molecular flexibility index (Phi) is 1.99. The molecule has 0 fully saturated rings. The van der Waals surface area contributed by atoms with Crippen LogP contribution in [0, 0.1) is 13.8 Å². The lowest BCUT2D eigenvalue weighted by Gasteiger charge is -1.95. The first-order chi connectivity index (χ1) is 6.61. The molecule has 2 rings (SSSR count). The van der Waals surface area contributed by atoms with Crippen LogP contribution in [0.3, 0.4) is 0 Å². The van der Waals surface area contributed by atoms with Crippen LogP contribution in [0.25, 0.3) is 5.69 Å². The van der Waals surface area contributed by atoms with Gasteiger partial charge in [0.2, 0.25) is 0 Å². The topological polar surface area (TPSA) is 52.7 Å². The molecule has 14 heavy (non-hydrogen) atoms. The zero-order valence-corrected chi connectivity index (χ0v) is 9.00. The third-order valence-corrected chi connectivity index (χ3v) is 3.21. The van der Waals surface area contributed by atoms with Crippen molar-refractivity contribution in [2.24, 2.45) is 7.05 Å². The fraction of sp³-hybridized carbons (Fsp3) is 0.375. The van der Waals surface area contributed by atoms with Crippen LogP contribution >= 0.6 is 11.3 Å². The quantitative estimate of drug-likeness (QED) is 0.694. The summed E-state index contributed by atoms with van der Waals surface area (Å²) in [6.45, 7) is 3.99. The average molecular weight is 210 g/mol. The molecular formula is C8H10N4OS. The lowest BCUT2D eigenvalue weighted by Crippen LogP contribution is -2.22. The van der Waals surface area contributed by atoms with Crippen molar-refractivity contribution in [2.45, 2.75) is 13.8 Å². The van der Waals surface area contributed by atoms with Gasteiger partial charge >= 0.3 is 5.69 Å². The molecule has 0 amide bonds. The third kappa shape index (κ3) is 1.19. The Hall–Kier alpha value is -1.43. The molecule has 6 heteroatoms. The predicted octanol–water partition coefficient (Wildman–Crippen LogP) is 0.644. The highest BCUT2D eigenvalue weighted by atomic mass is 32.1. The van der Waals surface area contributed by atoms with Gasteiger partial charge in [-0.05, 0) is 29.8 Å². The molecule has 2 aromatic heterocycles. The fourth-order valence-electron chi connectivity index (χ4n) is 1.17. The minimum atomic E-state index is -0.217. The van der Waals surface area contributed by atoms with Gasteiger partial charge in [0.05, 0.1) is 5.69 Å². The molecule has 5 nitrogen and oxygen atoms in total. The molecule has 74 valence electrons. The second kappa shape index (κ2) is 3.06. The third-order valence-electron chi connectivity index (χ3n) is 2.21. The van der Waals surface area contributed by atoms with Gasteiger partial charge < -0.3 is 0 Å². The van der Waals surface area contributed by atoms with Crippen LogP contribution in [-0.4, -0.2) is 19.8 Å². The van der Waals surface area contributed by atoms with Crippen LogP contribution in [-0.2, 0) is 7.05 Å². The number of hydrogen-bond acceptors (Lipinski definition) is 4. The SMILES string of the molecule is Cc1scc(-n2nnn(C)c2=O)c1C. The summed E-state index contributed by atoms with van der Waals surface area (Å²) in [6.07, 6.45) is 0. The molecule has 0 atom stereocenters. The highest BCUT2D eigenvalue weighted by molar-refractivity contribution is 7.10. The molecule has 0 unspecified atom stereocenters. The Morgan fingerprint density at radius 1 is 1.36 bits per heavy atom. The molecule has 0 spiro atoms. The van der Waals surface area contributed by atoms with Crippen molar-refractivity contribution in [1.29, 1.82) is 0 Å². The summed E-state index contributed by atoms with van der Waals surface area (Å²) in [5.41, 5.74) is 1.69. The number of aryl methyl sites for hydroxylation is 2. The number of thiophene rings is 1. The second-order valence-corrected chi connectivity index (χ2v) is 4.18. The van der Waals surface area contributed by atoms with E-state index in [1.807, 2.05) is 19.2 Å². The molecule has 2 heterocycles. The molecule has 0 aliphatic rings. The first-order valence-corrected chi connectivity index (χ1v) is 5.03. The zero-order chi connectivity index (χ0) is 10.3. The second-order valence-electron chi connectivity index (χ2n) is 3.10. The summed E-state index contributed by atoms with van der Waals surface area (Å²) in [5.74, 6) is 0. The maximum Gasteiger partial charge on any atom is 0.368 e. The van der Waals surface area contributed by atoms with Crippen molar-refractivity contribution in [3.05, 3.63) is 26.3 Å². The van der Waals surface area contributed by atoms with E-state index in [-0.39, 0.29) is 5.69 Å². The normalized spacial score (nSPS) is 10.8. The van der Waals surface area contributed by atoms with E-state index in [1.54, 1.807) is 18.4 Å². The van der Waals surface area contributed by atoms with Gasteiger partial charge in [0, 0.05) is 17.3 Å². The maximum atomic E-state index is 11.5. The summed E-state index contributed by atoms with van der Waals surface area (Å²) in [5, 5.41) is 9.37. The van der Waals surface area contributed by atoms with E-state index in [1.165, 1.54) is 14.2 Å². The molecule has 0 aliphatic heterocycles. The van der Waals surface area contributed by atoms with Crippen molar-refractivity contribution in [3.63, 3.8) is 0 Å². The van der Waals surface area contributed by atoms with Crippen LogP contribution in [0.5, 0.6) is 0 Å². The van der Waals surface area contributed by atoms with Crippen molar-refractivity contribution in [1.82, 2.24) is 19.8 Å². The summed E-state index contributed by atoms with van der Waals surface area (Å²) >= 11 is 1.61. The van der Waals surface area contributed by atoms with E-state index >= 15 is 0 Å². The predicted molar refractivity (Wildman–Crippen MR) is 54.0 cm³/mol. The summed E-state index contributed by atoms with van der Waals surface area (Å²) < 4.78 is 2.53. The van der Waals surface area contributed by atoms with Gasteiger partial charge in [-0.25, -0.2) is 4.79 Å². The Balaban J connectivity index is 2.66. The van der Waals surface area contributed by atoms with Crippen LogP contribution in [0.15, 0.2) is 10.2 Å². The van der Waals surface area contributed by atoms with Crippen LogP contribution in [0.1, 0.15) is 10.4 Å². The minimum absolute atomic E-state index is 0.217. The van der Waals surface area contributed by atoms with E-state index in [4.69, 9.17) is 0 Å². The van der Waals surface area contributed by atoms with Crippen LogP contribution in [0.4, 0.5) is 0 Å². The van der Waals surface area contributed by atoms with Crippen molar-refractivity contribution < 1.29 is 0 Å². The number of aromatic nitrogens is 4. The zero-order valence-electron chi connectivity index (χ0n) is 8.18. The lowest BCUT2D eigenvalue weighted by atomic mass is 10.3. The number of rotatable bonds is 1. The largest absolute Gasteiger partial charge is 0.368 e. The Morgan fingerprint density at radius 3 is 2.50 bits per heavy atom. The summed E-state index contributed by atoms with van der Waals surface area (Å²) in [7, 11) is 1.58. The van der Waals surface area contributed by atoms with Gasteiger partial charge in [-0.15, -0.1) is 11.3 Å². The van der Waals surface area contributed by atoms with Crippen molar-refractivity contribution >= 4 is 11.3 Å². The molecule has 0 aromatic carbocycles. The summed E-state index contributed by atoms with van der Waals surface area (Å²) in [6, 6.07) is 0. The highest BCUT2D eigenvalue weighted by Gasteiger charge is 2.11. The standard InChI is InChI=1S/C8H10N4OS/c1-5-6(2)14-4-7(5)12-8(13)11(3)9-10-12/h4H,1-3H3. The molecule has 2 aromatic rings. The Bertz CT molecular complexity index is 522. The van der Waals surface area contributed by atoms with Gasteiger partial charge in [-0.3, -0.25) is 0 Å².